The number of amides is 1. The van der Waals surface area contributed by atoms with Crippen LogP contribution >= 0.6 is 0 Å². The van der Waals surface area contributed by atoms with Gasteiger partial charge in [-0.2, -0.15) is 0 Å². The summed E-state index contributed by atoms with van der Waals surface area (Å²) in [6.07, 6.45) is 3.39. The fourth-order valence-electron chi connectivity index (χ4n) is 1.23. The highest BCUT2D eigenvalue weighted by molar-refractivity contribution is 7.85. The van der Waals surface area contributed by atoms with Crippen LogP contribution in [-0.2, 0) is 16.7 Å². The summed E-state index contributed by atoms with van der Waals surface area (Å²) in [7, 11) is -4.18. The molecule has 0 aliphatic heterocycles. The summed E-state index contributed by atoms with van der Waals surface area (Å²) in [5.41, 5.74) is 5.42. The molecule has 0 aromatic carbocycles. The maximum atomic E-state index is 10.8. The summed E-state index contributed by atoms with van der Waals surface area (Å²) in [5, 5.41) is 0. The molecule has 0 radical (unpaired) electrons. The first-order valence-corrected chi connectivity index (χ1v) is 6.19. The molecule has 6 nitrogen and oxygen atoms in total. The molecule has 2 N–H and O–H groups in total. The van der Waals surface area contributed by atoms with Crippen LogP contribution in [-0.4, -0.2) is 24.6 Å². The molecule has 0 atom stereocenters. The van der Waals surface area contributed by atoms with Crippen molar-refractivity contribution in [2.45, 2.75) is 13.0 Å². The van der Waals surface area contributed by atoms with Gasteiger partial charge in [-0.05, 0) is 6.07 Å². The molecule has 0 spiro atoms. The van der Waals surface area contributed by atoms with Gasteiger partial charge in [0.25, 0.3) is 5.91 Å². The van der Waals surface area contributed by atoms with E-state index >= 15 is 0 Å². The Balaban J connectivity index is 2.61. The molecule has 0 fully saturated rings. The Morgan fingerprint density at radius 3 is 2.75 bits per heavy atom. The Hall–Kier alpha value is -1.47. The smallest absolute Gasteiger partial charge is 0.254 e. The van der Waals surface area contributed by atoms with Gasteiger partial charge in [-0.15, -0.1) is 0 Å². The molecule has 7 heteroatoms. The van der Waals surface area contributed by atoms with E-state index in [1.807, 2.05) is 0 Å². The molecule has 1 aromatic rings. The molecule has 0 bridgehead atoms. The summed E-state index contributed by atoms with van der Waals surface area (Å²) in [4.78, 5) is 10.8. The summed E-state index contributed by atoms with van der Waals surface area (Å²) in [6.45, 7) is 0.350. The first-order chi connectivity index (χ1) is 7.38. The monoisotopic (exact) mass is 244 g/mol. The van der Waals surface area contributed by atoms with Gasteiger partial charge in [-0.25, -0.2) is 13.0 Å². The van der Waals surface area contributed by atoms with E-state index in [0.29, 0.717) is 12.1 Å². The zero-order chi connectivity index (χ0) is 12.2. The van der Waals surface area contributed by atoms with Crippen molar-refractivity contribution < 1.29 is 22.3 Å². The van der Waals surface area contributed by atoms with Crippen molar-refractivity contribution in [2.75, 3.05) is 5.75 Å². The Morgan fingerprint density at radius 2 is 2.19 bits per heavy atom. The average molecular weight is 244 g/mol. The Bertz CT molecular complexity index is 484. The van der Waals surface area contributed by atoms with Crippen LogP contribution in [0.4, 0.5) is 0 Å². The van der Waals surface area contributed by atoms with Gasteiger partial charge in [0.15, 0.2) is 12.4 Å². The maximum Gasteiger partial charge on any atom is 0.254 e. The van der Waals surface area contributed by atoms with E-state index in [2.05, 4.69) is 0 Å². The van der Waals surface area contributed by atoms with E-state index in [1.165, 1.54) is 6.20 Å². The SMILES string of the molecule is NC(=O)c1ccc[n+](CCCS(=O)(=O)[O-])c1. The van der Waals surface area contributed by atoms with E-state index in [9.17, 15) is 17.8 Å². The van der Waals surface area contributed by atoms with Crippen LogP contribution in [0.5, 0.6) is 0 Å². The molecule has 1 heterocycles. The molecule has 0 aliphatic carbocycles. The van der Waals surface area contributed by atoms with Gasteiger partial charge < -0.3 is 10.3 Å². The third-order valence-electron chi connectivity index (χ3n) is 1.95. The third-order valence-corrected chi connectivity index (χ3v) is 2.74. The number of carbonyl (C=O) groups excluding carboxylic acids is 1. The van der Waals surface area contributed by atoms with Gasteiger partial charge in [0.2, 0.25) is 0 Å². The summed E-state index contributed by atoms with van der Waals surface area (Å²) in [5.74, 6) is -0.966. The normalized spacial score (nSPS) is 11.3. The van der Waals surface area contributed by atoms with Crippen molar-refractivity contribution in [1.82, 2.24) is 0 Å². The molecule has 0 saturated heterocycles. The van der Waals surface area contributed by atoms with E-state index in [1.54, 1.807) is 22.9 Å². The van der Waals surface area contributed by atoms with Crippen LogP contribution in [0.2, 0.25) is 0 Å². The number of nitrogens with two attached hydrogens (primary N) is 1. The van der Waals surface area contributed by atoms with Crippen LogP contribution < -0.4 is 10.3 Å². The topological polar surface area (TPSA) is 104 Å². The maximum absolute atomic E-state index is 10.8. The Morgan fingerprint density at radius 1 is 1.50 bits per heavy atom. The van der Waals surface area contributed by atoms with Gasteiger partial charge in [0.1, 0.15) is 12.1 Å². The second-order valence-corrected chi connectivity index (χ2v) is 4.83. The highest BCUT2D eigenvalue weighted by atomic mass is 32.2. The quantitative estimate of drug-likeness (QED) is 0.530. The molecule has 88 valence electrons. The summed E-state index contributed by atoms with van der Waals surface area (Å²) < 4.78 is 32.7. The lowest BCUT2D eigenvalue weighted by molar-refractivity contribution is -0.696. The predicted octanol–water partition coefficient (Wildman–Crippen LogP) is -0.992. The largest absolute Gasteiger partial charge is 0.748 e. The number of aryl methyl sites for hydroxylation is 1. The number of hydrogen-bond acceptors (Lipinski definition) is 4. The molecule has 0 unspecified atom stereocenters. The predicted molar refractivity (Wildman–Crippen MR) is 54.3 cm³/mol. The first kappa shape index (κ1) is 12.6. The molecular weight excluding hydrogens is 232 g/mol. The average Bonchev–Trinajstić information content (AvgIpc) is 2.16. The summed E-state index contributed by atoms with van der Waals surface area (Å²) >= 11 is 0. The minimum absolute atomic E-state index is 0.207. The number of primary amides is 1. The Labute approximate surface area is 93.5 Å². The lowest BCUT2D eigenvalue weighted by atomic mass is 10.3. The number of hydrogen-bond donors (Lipinski definition) is 1. The number of nitrogens with zero attached hydrogens (tertiary/aromatic N) is 1. The number of aromatic nitrogens is 1. The molecule has 0 aliphatic rings. The van der Waals surface area contributed by atoms with E-state index in [4.69, 9.17) is 5.73 Å². The van der Waals surface area contributed by atoms with Crippen molar-refractivity contribution >= 4 is 16.0 Å². The van der Waals surface area contributed by atoms with Crippen LogP contribution in [0.3, 0.4) is 0 Å². The van der Waals surface area contributed by atoms with Crippen molar-refractivity contribution in [1.29, 1.82) is 0 Å². The van der Waals surface area contributed by atoms with Gasteiger partial charge in [-0.3, -0.25) is 4.79 Å². The standard InChI is InChI=1S/C9H12N2O4S/c10-9(12)8-3-1-4-11(7-8)5-2-6-16(13,14)15/h1,3-4,7H,2,5-6H2,(H2-,10,12,13,14,15). The molecular formula is C9H12N2O4S. The van der Waals surface area contributed by atoms with Crippen LogP contribution in [0.25, 0.3) is 0 Å². The van der Waals surface area contributed by atoms with Gasteiger partial charge in [0, 0.05) is 18.2 Å². The van der Waals surface area contributed by atoms with E-state index < -0.39 is 21.8 Å². The van der Waals surface area contributed by atoms with Gasteiger partial charge >= 0.3 is 0 Å². The zero-order valence-corrected chi connectivity index (χ0v) is 9.31. The second kappa shape index (κ2) is 5.04. The Kier molecular flexibility index (Phi) is 3.97. The fraction of sp³-hybridized carbons (Fsp3) is 0.333. The van der Waals surface area contributed by atoms with E-state index in [0.717, 1.165) is 0 Å². The molecule has 16 heavy (non-hydrogen) atoms. The second-order valence-electron chi connectivity index (χ2n) is 3.31. The van der Waals surface area contributed by atoms with Crippen molar-refractivity contribution in [3.05, 3.63) is 30.1 Å². The minimum atomic E-state index is -4.18. The first-order valence-electron chi connectivity index (χ1n) is 4.61. The van der Waals surface area contributed by atoms with Crippen LogP contribution in [0, 0.1) is 0 Å². The highest BCUT2D eigenvalue weighted by Gasteiger charge is 2.07. The molecule has 1 rings (SSSR count). The van der Waals surface area contributed by atoms with Gasteiger partial charge in [0.05, 0.1) is 10.1 Å². The molecule has 1 aromatic heterocycles. The van der Waals surface area contributed by atoms with Crippen molar-refractivity contribution in [3.8, 4) is 0 Å². The zero-order valence-electron chi connectivity index (χ0n) is 8.50. The van der Waals surface area contributed by atoms with Crippen molar-refractivity contribution in [2.24, 2.45) is 5.73 Å². The highest BCUT2D eigenvalue weighted by Crippen LogP contribution is 1.93. The lowest BCUT2D eigenvalue weighted by Crippen LogP contribution is -2.35. The number of carbonyl (C=O) groups is 1. The van der Waals surface area contributed by atoms with Gasteiger partial charge in [-0.1, -0.05) is 0 Å². The van der Waals surface area contributed by atoms with Crippen molar-refractivity contribution in [3.63, 3.8) is 0 Å². The van der Waals surface area contributed by atoms with E-state index in [-0.39, 0.29) is 6.42 Å². The molecule has 0 saturated carbocycles. The number of rotatable bonds is 5. The lowest BCUT2D eigenvalue weighted by Gasteiger charge is -2.04. The number of pyridine rings is 1. The fourth-order valence-corrected chi connectivity index (χ4v) is 1.71. The molecule has 1 amide bonds. The summed E-state index contributed by atoms with van der Waals surface area (Å²) in [6, 6.07) is 3.19. The van der Waals surface area contributed by atoms with Crippen LogP contribution in [0.15, 0.2) is 24.5 Å². The third kappa shape index (κ3) is 4.37. The minimum Gasteiger partial charge on any atom is -0.748 e. The van der Waals surface area contributed by atoms with Crippen LogP contribution in [0.1, 0.15) is 16.8 Å².